The lowest BCUT2D eigenvalue weighted by atomic mass is 10.00. The Kier molecular flexibility index (Phi) is 7.45. The molecule has 2 unspecified atom stereocenters. The normalized spacial score (nSPS) is 17.1. The molecular formula is C28H29N3O4. The zero-order chi connectivity index (χ0) is 24.8. The second-order valence-corrected chi connectivity index (χ2v) is 8.60. The molecule has 35 heavy (non-hydrogen) atoms. The first-order valence-corrected chi connectivity index (χ1v) is 11.7. The Labute approximate surface area is 205 Å². The van der Waals surface area contributed by atoms with E-state index in [9.17, 15) is 14.4 Å². The number of cyclic esters (lactones) is 1. The van der Waals surface area contributed by atoms with Crippen LogP contribution in [0.25, 0.3) is 0 Å². The van der Waals surface area contributed by atoms with Crippen LogP contribution in [-0.4, -0.2) is 35.4 Å². The predicted octanol–water partition coefficient (Wildman–Crippen LogP) is 4.84. The highest BCUT2D eigenvalue weighted by atomic mass is 16.6. The summed E-state index contributed by atoms with van der Waals surface area (Å²) in [6, 6.07) is 23.1. The monoisotopic (exact) mass is 471 g/mol. The molecule has 0 radical (unpaired) electrons. The minimum absolute atomic E-state index is 0.212. The maximum atomic E-state index is 13.1. The SMILES string of the molecule is CCCNC(=O)C1C(c2ccc(NC(=O)c3ccc(C)cc3)cc2)OC(=O)N1Cc1ccccc1. The number of hydrogen-bond donors (Lipinski definition) is 2. The van der Waals surface area contributed by atoms with E-state index < -0.39 is 18.2 Å². The molecule has 1 saturated heterocycles. The van der Waals surface area contributed by atoms with Crippen molar-refractivity contribution in [3.05, 3.63) is 101 Å². The number of carbonyl (C=O) groups excluding carboxylic acids is 3. The van der Waals surface area contributed by atoms with Gasteiger partial charge in [0.05, 0.1) is 6.54 Å². The molecule has 0 saturated carbocycles. The molecule has 7 heteroatoms. The Balaban J connectivity index is 1.53. The van der Waals surface area contributed by atoms with Crippen LogP contribution in [0.1, 0.15) is 46.5 Å². The Morgan fingerprint density at radius 3 is 2.29 bits per heavy atom. The van der Waals surface area contributed by atoms with Crippen LogP contribution in [0.15, 0.2) is 78.9 Å². The van der Waals surface area contributed by atoms with Crippen LogP contribution in [0.4, 0.5) is 10.5 Å². The number of anilines is 1. The van der Waals surface area contributed by atoms with Crippen molar-refractivity contribution in [3.8, 4) is 0 Å². The third kappa shape index (κ3) is 5.69. The van der Waals surface area contributed by atoms with Gasteiger partial charge in [0.15, 0.2) is 12.1 Å². The highest BCUT2D eigenvalue weighted by Crippen LogP contribution is 2.34. The van der Waals surface area contributed by atoms with Gasteiger partial charge in [0.2, 0.25) is 5.91 Å². The van der Waals surface area contributed by atoms with E-state index in [1.54, 1.807) is 36.4 Å². The summed E-state index contributed by atoms with van der Waals surface area (Å²) in [7, 11) is 0. The number of carbonyl (C=O) groups is 3. The molecule has 7 nitrogen and oxygen atoms in total. The largest absolute Gasteiger partial charge is 0.438 e. The molecule has 1 aliphatic heterocycles. The minimum Gasteiger partial charge on any atom is -0.438 e. The lowest BCUT2D eigenvalue weighted by Gasteiger charge is -2.24. The van der Waals surface area contributed by atoms with E-state index in [1.165, 1.54) is 4.90 Å². The molecule has 180 valence electrons. The second kappa shape index (κ2) is 10.9. The van der Waals surface area contributed by atoms with Gasteiger partial charge in [0.25, 0.3) is 5.91 Å². The van der Waals surface area contributed by atoms with Gasteiger partial charge in [-0.15, -0.1) is 0 Å². The smallest absolute Gasteiger partial charge is 0.411 e. The molecule has 3 amide bonds. The predicted molar refractivity (Wildman–Crippen MR) is 134 cm³/mol. The summed E-state index contributed by atoms with van der Waals surface area (Å²) in [5.74, 6) is -0.466. The molecule has 1 fully saturated rings. The summed E-state index contributed by atoms with van der Waals surface area (Å²) < 4.78 is 5.69. The molecule has 1 heterocycles. The maximum absolute atomic E-state index is 13.1. The van der Waals surface area contributed by atoms with Crippen molar-refractivity contribution in [1.29, 1.82) is 0 Å². The second-order valence-electron chi connectivity index (χ2n) is 8.60. The Morgan fingerprint density at radius 2 is 1.63 bits per heavy atom. The highest BCUT2D eigenvalue weighted by Gasteiger charge is 2.46. The van der Waals surface area contributed by atoms with Crippen LogP contribution < -0.4 is 10.6 Å². The number of hydrogen-bond acceptors (Lipinski definition) is 4. The van der Waals surface area contributed by atoms with Gasteiger partial charge >= 0.3 is 6.09 Å². The van der Waals surface area contributed by atoms with E-state index in [0.717, 1.165) is 17.5 Å². The molecule has 1 aliphatic rings. The average molecular weight is 472 g/mol. The minimum atomic E-state index is -0.803. The van der Waals surface area contributed by atoms with Crippen molar-refractivity contribution in [1.82, 2.24) is 10.2 Å². The van der Waals surface area contributed by atoms with Crippen LogP contribution in [0.5, 0.6) is 0 Å². The zero-order valence-corrected chi connectivity index (χ0v) is 19.9. The highest BCUT2D eigenvalue weighted by molar-refractivity contribution is 6.04. The van der Waals surface area contributed by atoms with Crippen molar-refractivity contribution in [2.75, 3.05) is 11.9 Å². The fraction of sp³-hybridized carbons (Fsp3) is 0.250. The van der Waals surface area contributed by atoms with E-state index in [4.69, 9.17) is 4.74 Å². The first-order chi connectivity index (χ1) is 17.0. The van der Waals surface area contributed by atoms with Crippen LogP contribution in [0.2, 0.25) is 0 Å². The number of nitrogens with one attached hydrogen (secondary N) is 2. The molecule has 3 aromatic carbocycles. The van der Waals surface area contributed by atoms with Crippen molar-refractivity contribution >= 4 is 23.6 Å². The van der Waals surface area contributed by atoms with Crippen molar-refractivity contribution in [3.63, 3.8) is 0 Å². The summed E-state index contributed by atoms with van der Waals surface area (Å²) in [5, 5.41) is 5.77. The lowest BCUT2D eigenvalue weighted by molar-refractivity contribution is -0.126. The Bertz CT molecular complexity index is 1180. The molecular weight excluding hydrogens is 442 g/mol. The van der Waals surface area contributed by atoms with E-state index in [2.05, 4.69) is 10.6 Å². The number of amides is 3. The van der Waals surface area contributed by atoms with Gasteiger partial charge in [-0.2, -0.15) is 0 Å². The number of rotatable bonds is 8. The Morgan fingerprint density at radius 1 is 0.943 bits per heavy atom. The van der Waals surface area contributed by atoms with Crippen LogP contribution >= 0.6 is 0 Å². The number of ether oxygens (including phenoxy) is 1. The van der Waals surface area contributed by atoms with Gasteiger partial charge in [0, 0.05) is 17.8 Å². The standard InChI is InChI=1S/C28H29N3O4/c1-3-17-29-27(33)24-25(35-28(34)31(24)18-20-7-5-4-6-8-20)21-13-15-23(16-14-21)30-26(32)22-11-9-19(2)10-12-22/h4-16,24-25H,3,17-18H2,1-2H3,(H,29,33)(H,30,32). The van der Waals surface area contributed by atoms with E-state index in [0.29, 0.717) is 23.4 Å². The summed E-state index contributed by atoms with van der Waals surface area (Å²) in [5.41, 5.74) is 3.84. The molecule has 3 aromatic rings. The van der Waals surface area contributed by atoms with Gasteiger partial charge in [-0.05, 0) is 48.7 Å². The topological polar surface area (TPSA) is 87.7 Å². The van der Waals surface area contributed by atoms with Crippen LogP contribution in [-0.2, 0) is 16.1 Å². The van der Waals surface area contributed by atoms with E-state index in [-0.39, 0.29) is 18.4 Å². The summed E-state index contributed by atoms with van der Waals surface area (Å²) in [6.07, 6.45) is -0.511. The first-order valence-electron chi connectivity index (χ1n) is 11.7. The Hall–Kier alpha value is -4.13. The van der Waals surface area contributed by atoms with Crippen LogP contribution in [0, 0.1) is 6.92 Å². The number of aryl methyl sites for hydroxylation is 1. The number of benzene rings is 3. The number of nitrogens with zero attached hydrogens (tertiary/aromatic N) is 1. The van der Waals surface area contributed by atoms with Gasteiger partial charge in [-0.25, -0.2) is 4.79 Å². The van der Waals surface area contributed by atoms with Crippen molar-refractivity contribution in [2.24, 2.45) is 0 Å². The fourth-order valence-corrected chi connectivity index (χ4v) is 4.01. The molecule has 2 atom stereocenters. The van der Waals surface area contributed by atoms with Gasteiger partial charge in [-0.1, -0.05) is 67.1 Å². The lowest BCUT2D eigenvalue weighted by Crippen LogP contribution is -2.46. The van der Waals surface area contributed by atoms with Crippen molar-refractivity contribution in [2.45, 2.75) is 39.0 Å². The first kappa shape index (κ1) is 24.0. The quantitative estimate of drug-likeness (QED) is 0.492. The maximum Gasteiger partial charge on any atom is 0.411 e. The van der Waals surface area contributed by atoms with E-state index >= 15 is 0 Å². The third-order valence-electron chi connectivity index (χ3n) is 5.91. The third-order valence-corrected chi connectivity index (χ3v) is 5.91. The molecule has 0 aliphatic carbocycles. The van der Waals surface area contributed by atoms with Gasteiger partial charge < -0.3 is 15.4 Å². The van der Waals surface area contributed by atoms with Gasteiger partial charge in [-0.3, -0.25) is 14.5 Å². The summed E-state index contributed by atoms with van der Waals surface area (Å²) in [6.45, 7) is 4.72. The molecule has 2 N–H and O–H groups in total. The molecule has 0 bridgehead atoms. The van der Waals surface area contributed by atoms with Gasteiger partial charge in [0.1, 0.15) is 0 Å². The van der Waals surface area contributed by atoms with E-state index in [1.807, 2.05) is 56.3 Å². The zero-order valence-electron chi connectivity index (χ0n) is 19.9. The fourth-order valence-electron chi connectivity index (χ4n) is 4.01. The summed E-state index contributed by atoms with van der Waals surface area (Å²) in [4.78, 5) is 39.9. The van der Waals surface area contributed by atoms with Crippen LogP contribution in [0.3, 0.4) is 0 Å². The molecule has 4 rings (SSSR count). The molecule has 0 aromatic heterocycles. The molecule has 0 spiro atoms. The van der Waals surface area contributed by atoms with Crippen molar-refractivity contribution < 1.29 is 19.1 Å². The summed E-state index contributed by atoms with van der Waals surface area (Å²) >= 11 is 0. The average Bonchev–Trinajstić information content (AvgIpc) is 3.19.